The van der Waals surface area contributed by atoms with Crippen molar-refractivity contribution in [1.82, 2.24) is 15.6 Å². The van der Waals surface area contributed by atoms with Crippen LogP contribution in [0.1, 0.15) is 23.7 Å². The second kappa shape index (κ2) is 8.92. The molecule has 0 amide bonds. The highest BCUT2D eigenvalue weighted by Gasteiger charge is 2.30. The Morgan fingerprint density at radius 2 is 2.07 bits per heavy atom. The smallest absolute Gasteiger partial charge is 0.416 e. The number of halogens is 3. The van der Waals surface area contributed by atoms with Gasteiger partial charge < -0.3 is 15.1 Å². The molecule has 0 aliphatic rings. The first kappa shape index (κ1) is 19.9. The van der Waals surface area contributed by atoms with E-state index in [0.717, 1.165) is 17.0 Å². The second-order valence-electron chi connectivity index (χ2n) is 5.87. The van der Waals surface area contributed by atoms with Crippen LogP contribution >= 0.6 is 11.3 Å². The van der Waals surface area contributed by atoms with E-state index in [1.165, 1.54) is 17.4 Å². The lowest BCUT2D eigenvalue weighted by Gasteiger charge is -2.11. The Morgan fingerprint density at radius 3 is 2.79 bits per heavy atom. The van der Waals surface area contributed by atoms with Crippen LogP contribution in [0.15, 0.2) is 57.5 Å². The van der Waals surface area contributed by atoms with Gasteiger partial charge >= 0.3 is 6.18 Å². The molecule has 0 aliphatic carbocycles. The average Bonchev–Trinajstić information content (AvgIpc) is 3.35. The van der Waals surface area contributed by atoms with Crippen molar-refractivity contribution < 1.29 is 17.6 Å². The molecule has 3 aromatic rings. The fourth-order valence-corrected chi connectivity index (χ4v) is 3.09. The molecule has 2 heterocycles. The number of hydrogen-bond donors (Lipinski definition) is 2. The number of hydrogen-bond acceptors (Lipinski definition) is 4. The van der Waals surface area contributed by atoms with E-state index in [4.69, 9.17) is 4.42 Å². The van der Waals surface area contributed by atoms with E-state index >= 15 is 0 Å². The zero-order valence-corrected chi connectivity index (χ0v) is 15.9. The number of aromatic nitrogens is 1. The minimum Gasteiger partial charge on any atom is -0.443 e. The second-order valence-corrected chi connectivity index (χ2v) is 6.82. The summed E-state index contributed by atoms with van der Waals surface area (Å²) in [6, 6.07) is 9.01. The molecular weight excluding hydrogens is 389 g/mol. The quantitative estimate of drug-likeness (QED) is 0.459. The van der Waals surface area contributed by atoms with Crippen LogP contribution in [0, 0.1) is 0 Å². The predicted molar refractivity (Wildman–Crippen MR) is 103 cm³/mol. The molecule has 0 fully saturated rings. The van der Waals surface area contributed by atoms with Crippen molar-refractivity contribution in [1.29, 1.82) is 0 Å². The SMILES string of the molecule is CCNC(=NCc1cccc(C(F)(F)F)c1)NCc1coc(-c2cccs2)n1. The number of alkyl halides is 3. The first-order valence-electron chi connectivity index (χ1n) is 8.62. The van der Waals surface area contributed by atoms with Crippen molar-refractivity contribution in [3.63, 3.8) is 0 Å². The van der Waals surface area contributed by atoms with Crippen LogP contribution in [0.5, 0.6) is 0 Å². The summed E-state index contributed by atoms with van der Waals surface area (Å²) in [6.45, 7) is 3.03. The lowest BCUT2D eigenvalue weighted by molar-refractivity contribution is -0.137. The highest BCUT2D eigenvalue weighted by Crippen LogP contribution is 2.29. The number of guanidine groups is 1. The van der Waals surface area contributed by atoms with Crippen molar-refractivity contribution in [2.75, 3.05) is 6.54 Å². The molecule has 1 aromatic carbocycles. The number of nitrogens with one attached hydrogen (secondary N) is 2. The average molecular weight is 408 g/mol. The summed E-state index contributed by atoms with van der Waals surface area (Å²) < 4.78 is 43.9. The Balaban J connectivity index is 1.63. The van der Waals surface area contributed by atoms with Gasteiger partial charge in [-0.25, -0.2) is 9.98 Å². The summed E-state index contributed by atoms with van der Waals surface area (Å²) in [5, 5.41) is 8.12. The normalized spacial score (nSPS) is 12.2. The summed E-state index contributed by atoms with van der Waals surface area (Å²) in [5.74, 6) is 1.04. The van der Waals surface area contributed by atoms with E-state index in [9.17, 15) is 13.2 Å². The van der Waals surface area contributed by atoms with E-state index in [-0.39, 0.29) is 6.54 Å². The topological polar surface area (TPSA) is 62.5 Å². The highest BCUT2D eigenvalue weighted by atomic mass is 32.1. The van der Waals surface area contributed by atoms with E-state index in [2.05, 4.69) is 20.6 Å². The summed E-state index contributed by atoms with van der Waals surface area (Å²) in [7, 11) is 0. The first-order chi connectivity index (χ1) is 13.5. The third kappa shape index (κ3) is 5.35. The van der Waals surface area contributed by atoms with Gasteiger partial charge in [-0.1, -0.05) is 18.2 Å². The largest absolute Gasteiger partial charge is 0.443 e. The Morgan fingerprint density at radius 1 is 1.21 bits per heavy atom. The summed E-state index contributed by atoms with van der Waals surface area (Å²) in [6.07, 6.45) is -2.80. The van der Waals surface area contributed by atoms with Gasteiger partial charge in [-0.05, 0) is 36.1 Å². The van der Waals surface area contributed by atoms with E-state index in [0.29, 0.717) is 36.2 Å². The fourth-order valence-electron chi connectivity index (χ4n) is 2.43. The molecule has 9 heteroatoms. The number of nitrogens with zero attached hydrogens (tertiary/aromatic N) is 2. The summed E-state index contributed by atoms with van der Waals surface area (Å²) >= 11 is 1.54. The van der Waals surface area contributed by atoms with Crippen LogP contribution in [-0.2, 0) is 19.3 Å². The van der Waals surface area contributed by atoms with Gasteiger partial charge in [-0.15, -0.1) is 11.3 Å². The maximum Gasteiger partial charge on any atom is 0.416 e. The van der Waals surface area contributed by atoms with Gasteiger partial charge in [0.2, 0.25) is 5.89 Å². The fraction of sp³-hybridized carbons (Fsp3) is 0.263. The molecule has 0 aliphatic heterocycles. The number of aliphatic imine (C=N–C) groups is 1. The van der Waals surface area contributed by atoms with Gasteiger partial charge in [0.25, 0.3) is 0 Å². The molecule has 0 bridgehead atoms. The van der Waals surface area contributed by atoms with Crippen LogP contribution < -0.4 is 10.6 Å². The Labute approximate surface area is 164 Å². The number of benzene rings is 1. The molecule has 2 aromatic heterocycles. The van der Waals surface area contributed by atoms with E-state index < -0.39 is 11.7 Å². The highest BCUT2D eigenvalue weighted by molar-refractivity contribution is 7.13. The van der Waals surface area contributed by atoms with Crippen LogP contribution in [0.4, 0.5) is 13.2 Å². The van der Waals surface area contributed by atoms with Crippen molar-refractivity contribution in [2.24, 2.45) is 4.99 Å². The van der Waals surface area contributed by atoms with Crippen LogP contribution in [0.25, 0.3) is 10.8 Å². The van der Waals surface area contributed by atoms with Gasteiger partial charge in [0.15, 0.2) is 5.96 Å². The van der Waals surface area contributed by atoms with Crippen LogP contribution in [-0.4, -0.2) is 17.5 Å². The molecule has 148 valence electrons. The first-order valence-corrected chi connectivity index (χ1v) is 9.50. The van der Waals surface area contributed by atoms with Gasteiger partial charge in [-0.2, -0.15) is 13.2 Å². The van der Waals surface area contributed by atoms with Gasteiger partial charge in [0, 0.05) is 6.54 Å². The molecule has 2 N–H and O–H groups in total. The number of rotatable bonds is 6. The van der Waals surface area contributed by atoms with Crippen LogP contribution in [0.2, 0.25) is 0 Å². The minimum atomic E-state index is -4.37. The van der Waals surface area contributed by atoms with Crippen molar-refractivity contribution in [3.05, 3.63) is 64.9 Å². The lowest BCUT2D eigenvalue weighted by atomic mass is 10.1. The molecule has 3 rings (SSSR count). The molecule has 28 heavy (non-hydrogen) atoms. The maximum atomic E-state index is 12.8. The standard InChI is InChI=1S/C19H19F3N4OS/c1-2-23-18(24-10-13-5-3-6-14(9-13)19(20,21)22)25-11-15-12-27-17(26-15)16-7-4-8-28-16/h3-9,12H,2,10-11H2,1H3,(H2,23,24,25). The Hall–Kier alpha value is -2.81. The van der Waals surface area contributed by atoms with Crippen molar-refractivity contribution in [3.8, 4) is 10.8 Å². The van der Waals surface area contributed by atoms with Crippen molar-refractivity contribution in [2.45, 2.75) is 26.2 Å². The molecular formula is C19H19F3N4OS. The van der Waals surface area contributed by atoms with E-state index in [1.807, 2.05) is 24.4 Å². The maximum absolute atomic E-state index is 12.8. The molecule has 0 atom stereocenters. The molecule has 0 saturated heterocycles. The van der Waals surface area contributed by atoms with Gasteiger partial charge in [0.1, 0.15) is 6.26 Å². The Kier molecular flexibility index (Phi) is 6.35. The monoisotopic (exact) mass is 408 g/mol. The molecule has 0 spiro atoms. The molecule has 0 saturated carbocycles. The van der Waals surface area contributed by atoms with Gasteiger partial charge in [-0.3, -0.25) is 0 Å². The zero-order chi connectivity index (χ0) is 20.0. The third-order valence-electron chi connectivity index (χ3n) is 3.74. The van der Waals surface area contributed by atoms with Crippen LogP contribution in [0.3, 0.4) is 0 Å². The predicted octanol–water partition coefficient (Wildman–Crippen LogP) is 4.68. The summed E-state index contributed by atoms with van der Waals surface area (Å²) in [5.41, 5.74) is 0.503. The molecule has 5 nitrogen and oxygen atoms in total. The number of oxazole rings is 1. The molecule has 0 unspecified atom stereocenters. The third-order valence-corrected chi connectivity index (χ3v) is 4.60. The molecule has 0 radical (unpaired) electrons. The Bertz CT molecular complexity index is 919. The lowest BCUT2D eigenvalue weighted by Crippen LogP contribution is -2.36. The van der Waals surface area contributed by atoms with Crippen molar-refractivity contribution >= 4 is 17.3 Å². The number of thiophene rings is 1. The van der Waals surface area contributed by atoms with Gasteiger partial charge in [0.05, 0.1) is 29.2 Å². The summed E-state index contributed by atoms with van der Waals surface area (Å²) in [4.78, 5) is 9.71. The zero-order valence-electron chi connectivity index (χ0n) is 15.1. The van der Waals surface area contributed by atoms with E-state index in [1.54, 1.807) is 12.3 Å². The minimum absolute atomic E-state index is 0.124.